The van der Waals surface area contributed by atoms with Crippen molar-refractivity contribution in [3.05, 3.63) is 35.6 Å². The summed E-state index contributed by atoms with van der Waals surface area (Å²) in [7, 11) is 0. The van der Waals surface area contributed by atoms with E-state index >= 15 is 0 Å². The van der Waals surface area contributed by atoms with Crippen LogP contribution >= 0.6 is 0 Å². The van der Waals surface area contributed by atoms with Gasteiger partial charge in [0.25, 0.3) is 0 Å². The first-order chi connectivity index (χ1) is 7.61. The molecule has 3 heteroatoms. The van der Waals surface area contributed by atoms with Crippen LogP contribution in [0.25, 0.3) is 0 Å². The van der Waals surface area contributed by atoms with Crippen molar-refractivity contribution in [1.82, 2.24) is 5.32 Å². The molecule has 1 unspecified atom stereocenters. The second-order valence-corrected chi connectivity index (χ2v) is 4.41. The summed E-state index contributed by atoms with van der Waals surface area (Å²) in [5.74, 6) is -0.202. The van der Waals surface area contributed by atoms with E-state index in [1.54, 1.807) is 12.1 Å². The number of hydrogen-bond acceptors (Lipinski definition) is 2. The molecule has 0 saturated heterocycles. The van der Waals surface area contributed by atoms with Gasteiger partial charge in [0.15, 0.2) is 0 Å². The lowest BCUT2D eigenvalue weighted by molar-refractivity contribution is 0.163. The van der Waals surface area contributed by atoms with Gasteiger partial charge >= 0.3 is 0 Å². The van der Waals surface area contributed by atoms with Gasteiger partial charge in [-0.1, -0.05) is 31.5 Å². The van der Waals surface area contributed by atoms with Gasteiger partial charge < -0.3 is 10.4 Å². The third kappa shape index (κ3) is 3.58. The lowest BCUT2D eigenvalue weighted by Gasteiger charge is -2.28. The molecule has 16 heavy (non-hydrogen) atoms. The molecule has 0 aliphatic carbocycles. The highest BCUT2D eigenvalue weighted by Gasteiger charge is 2.21. The molecule has 0 saturated carbocycles. The van der Waals surface area contributed by atoms with E-state index in [2.05, 4.69) is 12.2 Å². The molecular formula is C13H20FNO. The summed E-state index contributed by atoms with van der Waals surface area (Å²) in [6.07, 6.45) is 1.86. The second kappa shape index (κ2) is 5.97. The van der Waals surface area contributed by atoms with Gasteiger partial charge in [-0.25, -0.2) is 4.39 Å². The number of benzene rings is 1. The molecule has 1 atom stereocenters. The van der Waals surface area contributed by atoms with Gasteiger partial charge in [-0.2, -0.15) is 0 Å². The topological polar surface area (TPSA) is 32.3 Å². The third-order valence-electron chi connectivity index (χ3n) is 2.81. The number of halogens is 1. The van der Waals surface area contributed by atoms with E-state index < -0.39 is 0 Å². The second-order valence-electron chi connectivity index (χ2n) is 4.41. The van der Waals surface area contributed by atoms with Crippen LogP contribution in [-0.4, -0.2) is 17.3 Å². The number of aliphatic hydroxyl groups excluding tert-OH is 1. The molecule has 1 rings (SSSR count). The van der Waals surface area contributed by atoms with Crippen molar-refractivity contribution in [2.45, 2.75) is 38.8 Å². The summed E-state index contributed by atoms with van der Waals surface area (Å²) in [6, 6.07) is 6.70. The minimum atomic E-state index is -0.322. The average molecular weight is 225 g/mol. The molecular weight excluding hydrogens is 205 g/mol. The first kappa shape index (κ1) is 13.1. The van der Waals surface area contributed by atoms with Crippen LogP contribution in [0.1, 0.15) is 32.3 Å². The quantitative estimate of drug-likeness (QED) is 0.779. The predicted octanol–water partition coefficient (Wildman–Crippen LogP) is 2.47. The van der Waals surface area contributed by atoms with Crippen molar-refractivity contribution in [3.8, 4) is 0 Å². The maximum absolute atomic E-state index is 13.4. The summed E-state index contributed by atoms with van der Waals surface area (Å²) < 4.78 is 13.4. The van der Waals surface area contributed by atoms with Crippen LogP contribution in [0.4, 0.5) is 4.39 Å². The van der Waals surface area contributed by atoms with Crippen LogP contribution in [0.5, 0.6) is 0 Å². The predicted molar refractivity (Wildman–Crippen MR) is 63.6 cm³/mol. The summed E-state index contributed by atoms with van der Waals surface area (Å²) in [6.45, 7) is 4.54. The van der Waals surface area contributed by atoms with Gasteiger partial charge in [-0.15, -0.1) is 0 Å². The van der Waals surface area contributed by atoms with Crippen molar-refractivity contribution < 1.29 is 9.50 Å². The van der Waals surface area contributed by atoms with Crippen LogP contribution in [0.15, 0.2) is 24.3 Å². The van der Waals surface area contributed by atoms with Gasteiger partial charge in [0, 0.05) is 17.6 Å². The SMILES string of the molecule is CCCC(C)(CO)NCc1ccccc1F. The van der Waals surface area contributed by atoms with Gasteiger partial charge in [0.05, 0.1) is 6.61 Å². The largest absolute Gasteiger partial charge is 0.394 e. The van der Waals surface area contributed by atoms with E-state index in [1.807, 2.05) is 13.0 Å². The maximum Gasteiger partial charge on any atom is 0.127 e. The average Bonchev–Trinajstić information content (AvgIpc) is 2.28. The Labute approximate surface area is 96.5 Å². The van der Waals surface area contributed by atoms with Crippen LogP contribution in [0.3, 0.4) is 0 Å². The molecule has 0 spiro atoms. The minimum Gasteiger partial charge on any atom is -0.394 e. The fraction of sp³-hybridized carbons (Fsp3) is 0.538. The standard InChI is InChI=1S/C13H20FNO/c1-3-8-13(2,10-16)15-9-11-6-4-5-7-12(11)14/h4-7,15-16H,3,8-10H2,1-2H3. The monoisotopic (exact) mass is 225 g/mol. The summed E-state index contributed by atoms with van der Waals surface area (Å²) in [4.78, 5) is 0. The third-order valence-corrected chi connectivity index (χ3v) is 2.81. The molecule has 0 aliphatic heterocycles. The number of nitrogens with one attached hydrogen (secondary N) is 1. The van der Waals surface area contributed by atoms with Crippen molar-refractivity contribution >= 4 is 0 Å². The van der Waals surface area contributed by atoms with Gasteiger partial charge in [0.2, 0.25) is 0 Å². The Balaban J connectivity index is 2.59. The Morgan fingerprint density at radius 1 is 1.38 bits per heavy atom. The Morgan fingerprint density at radius 3 is 2.62 bits per heavy atom. The molecule has 0 radical (unpaired) electrons. The minimum absolute atomic E-state index is 0.0648. The van der Waals surface area contributed by atoms with Crippen molar-refractivity contribution in [2.24, 2.45) is 0 Å². The summed E-state index contributed by atoms with van der Waals surface area (Å²) in [5, 5.41) is 12.5. The van der Waals surface area contributed by atoms with Gasteiger partial charge in [0.1, 0.15) is 5.82 Å². The number of aliphatic hydroxyl groups is 1. The molecule has 1 aromatic rings. The molecule has 2 nitrogen and oxygen atoms in total. The lowest BCUT2D eigenvalue weighted by Crippen LogP contribution is -2.45. The van der Waals surface area contributed by atoms with E-state index in [9.17, 15) is 9.50 Å². The molecule has 0 aromatic heterocycles. The molecule has 0 bridgehead atoms. The number of hydrogen-bond donors (Lipinski definition) is 2. The summed E-state index contributed by atoms with van der Waals surface area (Å²) in [5.41, 5.74) is 0.315. The zero-order valence-corrected chi connectivity index (χ0v) is 9.96. The highest BCUT2D eigenvalue weighted by atomic mass is 19.1. The number of rotatable bonds is 6. The molecule has 0 heterocycles. The van der Waals surface area contributed by atoms with Gasteiger partial charge in [-0.05, 0) is 19.4 Å². The van der Waals surface area contributed by atoms with E-state index in [0.717, 1.165) is 12.8 Å². The normalized spacial score (nSPS) is 14.8. The van der Waals surface area contributed by atoms with Crippen molar-refractivity contribution in [1.29, 1.82) is 0 Å². The smallest absolute Gasteiger partial charge is 0.127 e. The van der Waals surface area contributed by atoms with Crippen LogP contribution < -0.4 is 5.32 Å². The fourth-order valence-electron chi connectivity index (χ4n) is 1.73. The van der Waals surface area contributed by atoms with E-state index in [1.165, 1.54) is 6.07 Å². The van der Waals surface area contributed by atoms with Crippen molar-refractivity contribution in [3.63, 3.8) is 0 Å². The first-order valence-corrected chi connectivity index (χ1v) is 5.70. The van der Waals surface area contributed by atoms with Crippen LogP contribution in [0.2, 0.25) is 0 Å². The first-order valence-electron chi connectivity index (χ1n) is 5.70. The molecule has 2 N–H and O–H groups in total. The Bertz CT molecular complexity index is 329. The Kier molecular flexibility index (Phi) is 4.90. The lowest BCUT2D eigenvalue weighted by atomic mass is 9.97. The molecule has 0 fully saturated rings. The van der Waals surface area contributed by atoms with E-state index in [4.69, 9.17) is 0 Å². The van der Waals surface area contributed by atoms with E-state index in [0.29, 0.717) is 12.1 Å². The highest BCUT2D eigenvalue weighted by molar-refractivity contribution is 5.17. The van der Waals surface area contributed by atoms with Crippen molar-refractivity contribution in [2.75, 3.05) is 6.61 Å². The Hall–Kier alpha value is -0.930. The summed E-state index contributed by atoms with van der Waals surface area (Å²) >= 11 is 0. The van der Waals surface area contributed by atoms with Gasteiger partial charge in [-0.3, -0.25) is 0 Å². The van der Waals surface area contributed by atoms with Crippen LogP contribution in [0, 0.1) is 5.82 Å². The fourth-order valence-corrected chi connectivity index (χ4v) is 1.73. The molecule has 0 aliphatic rings. The zero-order chi connectivity index (χ0) is 12.0. The van der Waals surface area contributed by atoms with E-state index in [-0.39, 0.29) is 18.0 Å². The highest BCUT2D eigenvalue weighted by Crippen LogP contribution is 2.13. The van der Waals surface area contributed by atoms with Crippen LogP contribution in [-0.2, 0) is 6.54 Å². The molecule has 0 amide bonds. The maximum atomic E-state index is 13.4. The molecule has 90 valence electrons. The zero-order valence-electron chi connectivity index (χ0n) is 9.96. The Morgan fingerprint density at radius 2 is 2.06 bits per heavy atom. The molecule has 1 aromatic carbocycles.